The summed E-state index contributed by atoms with van der Waals surface area (Å²) in [5, 5.41) is 3.27. The van der Waals surface area contributed by atoms with Crippen LogP contribution in [-0.4, -0.2) is 19.6 Å². The van der Waals surface area contributed by atoms with Gasteiger partial charge in [-0.05, 0) is 5.56 Å². The first-order valence-electron chi connectivity index (χ1n) is 6.83. The van der Waals surface area contributed by atoms with Crippen LogP contribution in [0.1, 0.15) is 11.6 Å². The van der Waals surface area contributed by atoms with E-state index in [2.05, 4.69) is 5.32 Å². The third-order valence-electron chi connectivity index (χ3n) is 3.73. The maximum Gasteiger partial charge on any atom is 0.194 e. The summed E-state index contributed by atoms with van der Waals surface area (Å²) in [5.74, 6) is -3.74. The van der Waals surface area contributed by atoms with E-state index in [0.29, 0.717) is 25.3 Å². The van der Waals surface area contributed by atoms with Crippen molar-refractivity contribution in [2.75, 3.05) is 24.5 Å². The van der Waals surface area contributed by atoms with Crippen LogP contribution in [0.3, 0.4) is 0 Å². The Bertz CT molecular complexity index is 608. The quantitative estimate of drug-likeness (QED) is 0.855. The van der Waals surface area contributed by atoms with Crippen LogP contribution in [0.15, 0.2) is 42.5 Å². The fourth-order valence-electron chi connectivity index (χ4n) is 2.69. The molecule has 0 bridgehead atoms. The van der Waals surface area contributed by atoms with Gasteiger partial charge in [0.25, 0.3) is 0 Å². The summed E-state index contributed by atoms with van der Waals surface area (Å²) in [5.41, 5.74) is 1.41. The number of hydrogen-bond donors (Lipinski definition) is 1. The average Bonchev–Trinajstić information content (AvgIpc) is 2.53. The van der Waals surface area contributed by atoms with Crippen molar-refractivity contribution in [1.82, 2.24) is 5.32 Å². The van der Waals surface area contributed by atoms with Gasteiger partial charge in [-0.2, -0.15) is 0 Å². The van der Waals surface area contributed by atoms with E-state index in [0.717, 1.165) is 17.7 Å². The van der Waals surface area contributed by atoms with E-state index < -0.39 is 17.5 Å². The van der Waals surface area contributed by atoms with Crippen molar-refractivity contribution in [3.05, 3.63) is 65.5 Å². The van der Waals surface area contributed by atoms with E-state index in [4.69, 9.17) is 0 Å². The fourth-order valence-corrected chi connectivity index (χ4v) is 2.69. The molecule has 1 aliphatic rings. The molecule has 0 amide bonds. The Labute approximate surface area is 121 Å². The van der Waals surface area contributed by atoms with Crippen LogP contribution in [0.2, 0.25) is 0 Å². The van der Waals surface area contributed by atoms with E-state index >= 15 is 0 Å². The molecule has 1 saturated heterocycles. The highest BCUT2D eigenvalue weighted by atomic mass is 19.2. The maximum atomic E-state index is 13.5. The first kappa shape index (κ1) is 13.9. The van der Waals surface area contributed by atoms with Gasteiger partial charge in [-0.25, -0.2) is 13.2 Å². The molecular formula is C16H15F3N2. The normalized spacial score (nSPS) is 18.8. The van der Waals surface area contributed by atoms with Crippen molar-refractivity contribution in [1.29, 1.82) is 0 Å². The second-order valence-corrected chi connectivity index (χ2v) is 5.05. The van der Waals surface area contributed by atoms with E-state index in [1.165, 1.54) is 0 Å². The number of hydrogen-bond acceptors (Lipinski definition) is 2. The van der Waals surface area contributed by atoms with Gasteiger partial charge in [0.1, 0.15) is 0 Å². The van der Waals surface area contributed by atoms with Gasteiger partial charge in [-0.3, -0.25) is 0 Å². The number of benzene rings is 2. The number of anilines is 1. The highest BCUT2D eigenvalue weighted by molar-refractivity contribution is 5.50. The van der Waals surface area contributed by atoms with Crippen molar-refractivity contribution in [3.63, 3.8) is 0 Å². The smallest absolute Gasteiger partial charge is 0.194 e. The summed E-state index contributed by atoms with van der Waals surface area (Å²) >= 11 is 0. The minimum atomic E-state index is -1.43. The first-order valence-corrected chi connectivity index (χ1v) is 6.83. The number of nitrogens with one attached hydrogen (secondary N) is 1. The second-order valence-electron chi connectivity index (χ2n) is 5.05. The molecule has 5 heteroatoms. The maximum absolute atomic E-state index is 13.5. The fraction of sp³-hybridized carbons (Fsp3) is 0.250. The Morgan fingerprint density at radius 1 is 1.00 bits per heavy atom. The summed E-state index contributed by atoms with van der Waals surface area (Å²) in [6.45, 7) is 1.98. The summed E-state index contributed by atoms with van der Waals surface area (Å²) in [4.78, 5) is 1.90. The number of piperazine rings is 1. The molecular weight excluding hydrogens is 277 g/mol. The van der Waals surface area contributed by atoms with Gasteiger partial charge < -0.3 is 10.2 Å². The molecule has 0 aliphatic carbocycles. The van der Waals surface area contributed by atoms with Gasteiger partial charge in [0, 0.05) is 37.5 Å². The molecule has 1 aliphatic heterocycles. The van der Waals surface area contributed by atoms with Crippen LogP contribution in [0.25, 0.3) is 0 Å². The zero-order chi connectivity index (χ0) is 14.8. The van der Waals surface area contributed by atoms with E-state index in [-0.39, 0.29) is 6.04 Å². The molecule has 2 aromatic rings. The van der Waals surface area contributed by atoms with Crippen molar-refractivity contribution >= 4 is 5.69 Å². The molecule has 0 radical (unpaired) electrons. The SMILES string of the molecule is Fc1cc(N2CCNCC2c2ccccc2)cc(F)c1F. The lowest BCUT2D eigenvalue weighted by Gasteiger charge is -2.38. The third-order valence-corrected chi connectivity index (χ3v) is 3.73. The summed E-state index contributed by atoms with van der Waals surface area (Å²) in [7, 11) is 0. The van der Waals surface area contributed by atoms with Gasteiger partial charge in [0.15, 0.2) is 17.5 Å². The second kappa shape index (κ2) is 5.77. The van der Waals surface area contributed by atoms with Gasteiger partial charge in [-0.15, -0.1) is 0 Å². The van der Waals surface area contributed by atoms with Crippen LogP contribution in [0.4, 0.5) is 18.9 Å². The van der Waals surface area contributed by atoms with E-state index in [9.17, 15) is 13.2 Å². The van der Waals surface area contributed by atoms with Crippen molar-refractivity contribution in [2.45, 2.75) is 6.04 Å². The molecule has 2 aromatic carbocycles. The molecule has 1 N–H and O–H groups in total. The van der Waals surface area contributed by atoms with Gasteiger partial charge in [-0.1, -0.05) is 30.3 Å². The Morgan fingerprint density at radius 2 is 1.67 bits per heavy atom. The minimum absolute atomic E-state index is 0.0378. The topological polar surface area (TPSA) is 15.3 Å². The van der Waals surface area contributed by atoms with Crippen molar-refractivity contribution in [2.24, 2.45) is 0 Å². The van der Waals surface area contributed by atoms with Crippen LogP contribution < -0.4 is 10.2 Å². The molecule has 0 saturated carbocycles. The molecule has 110 valence electrons. The van der Waals surface area contributed by atoms with Crippen LogP contribution >= 0.6 is 0 Å². The minimum Gasteiger partial charge on any atom is -0.362 e. The number of rotatable bonds is 2. The van der Waals surface area contributed by atoms with E-state index in [1.54, 1.807) is 0 Å². The number of nitrogens with zero attached hydrogens (tertiary/aromatic N) is 1. The average molecular weight is 292 g/mol. The summed E-state index contributed by atoms with van der Waals surface area (Å²) in [6.07, 6.45) is 0. The first-order chi connectivity index (χ1) is 10.2. The predicted octanol–water partition coefficient (Wildman–Crippen LogP) is 3.25. The molecule has 0 spiro atoms. The van der Waals surface area contributed by atoms with Crippen molar-refractivity contribution in [3.8, 4) is 0 Å². The molecule has 3 rings (SSSR count). The van der Waals surface area contributed by atoms with Crippen molar-refractivity contribution < 1.29 is 13.2 Å². The standard InChI is InChI=1S/C16H15F3N2/c17-13-8-12(9-14(18)16(13)19)21-7-6-20-10-15(21)11-4-2-1-3-5-11/h1-5,8-9,15,20H,6-7,10H2. The third kappa shape index (κ3) is 2.74. The lowest BCUT2D eigenvalue weighted by atomic mass is 10.0. The summed E-state index contributed by atoms with van der Waals surface area (Å²) in [6, 6.07) is 11.8. The molecule has 21 heavy (non-hydrogen) atoms. The lowest BCUT2D eigenvalue weighted by molar-refractivity contribution is 0.442. The molecule has 2 nitrogen and oxygen atoms in total. The van der Waals surface area contributed by atoms with Gasteiger partial charge in [0.05, 0.1) is 6.04 Å². The predicted molar refractivity (Wildman–Crippen MR) is 75.7 cm³/mol. The molecule has 0 aromatic heterocycles. The zero-order valence-corrected chi connectivity index (χ0v) is 11.3. The Kier molecular flexibility index (Phi) is 3.84. The summed E-state index contributed by atoms with van der Waals surface area (Å²) < 4.78 is 40.1. The highest BCUT2D eigenvalue weighted by Crippen LogP contribution is 2.30. The molecule has 1 fully saturated rings. The molecule has 1 atom stereocenters. The number of halogens is 3. The Morgan fingerprint density at radius 3 is 2.33 bits per heavy atom. The monoisotopic (exact) mass is 292 g/mol. The molecule has 1 unspecified atom stereocenters. The van der Waals surface area contributed by atoms with Crippen LogP contribution in [-0.2, 0) is 0 Å². The zero-order valence-electron chi connectivity index (χ0n) is 11.3. The largest absolute Gasteiger partial charge is 0.362 e. The van der Waals surface area contributed by atoms with Crippen LogP contribution in [0.5, 0.6) is 0 Å². The highest BCUT2D eigenvalue weighted by Gasteiger charge is 2.25. The van der Waals surface area contributed by atoms with Crippen LogP contribution in [0, 0.1) is 17.5 Å². The van der Waals surface area contributed by atoms with Gasteiger partial charge in [0.2, 0.25) is 0 Å². The molecule has 1 heterocycles. The lowest BCUT2D eigenvalue weighted by Crippen LogP contribution is -2.46. The Hall–Kier alpha value is -2.01. The van der Waals surface area contributed by atoms with E-state index in [1.807, 2.05) is 35.2 Å². The Balaban J connectivity index is 1.98. The van der Waals surface area contributed by atoms with Gasteiger partial charge >= 0.3 is 0 Å².